The lowest BCUT2D eigenvalue weighted by Gasteiger charge is -2.26. The highest BCUT2D eigenvalue weighted by Gasteiger charge is 2.14. The molecule has 1 saturated heterocycles. The third-order valence-electron chi connectivity index (χ3n) is 6.34. The van der Waals surface area contributed by atoms with Crippen LogP contribution in [0.1, 0.15) is 37.9 Å². The molecule has 2 N–H and O–H groups in total. The first-order valence-corrected chi connectivity index (χ1v) is 11.3. The Balaban J connectivity index is 1.33. The SMILES string of the molecule is O=c1c(O)c(-c2ccc3oc(CCCCN4CCCCC4)cc3c2)[nH]c2ccccc12. The van der Waals surface area contributed by atoms with Crippen LogP contribution in [-0.2, 0) is 6.42 Å². The molecule has 0 radical (unpaired) electrons. The van der Waals surface area contributed by atoms with E-state index in [0.29, 0.717) is 16.6 Å². The van der Waals surface area contributed by atoms with E-state index in [0.717, 1.165) is 35.1 Å². The van der Waals surface area contributed by atoms with Gasteiger partial charge in [0, 0.05) is 28.3 Å². The number of unbranched alkanes of at least 4 members (excludes halogenated alkanes) is 1. The van der Waals surface area contributed by atoms with Crippen molar-refractivity contribution in [3.63, 3.8) is 0 Å². The van der Waals surface area contributed by atoms with E-state index in [1.54, 1.807) is 12.1 Å². The van der Waals surface area contributed by atoms with E-state index in [2.05, 4.69) is 16.0 Å². The van der Waals surface area contributed by atoms with E-state index in [9.17, 15) is 9.90 Å². The number of aromatic hydroxyl groups is 1. The van der Waals surface area contributed by atoms with Crippen molar-refractivity contribution in [1.29, 1.82) is 0 Å². The molecular formula is C26H28N2O3. The van der Waals surface area contributed by atoms with Crippen molar-refractivity contribution in [2.24, 2.45) is 0 Å². The fraction of sp³-hybridized carbons (Fsp3) is 0.346. The number of nitrogens with zero attached hydrogens (tertiary/aromatic N) is 1. The number of nitrogens with one attached hydrogen (secondary N) is 1. The summed E-state index contributed by atoms with van der Waals surface area (Å²) in [4.78, 5) is 18.3. The van der Waals surface area contributed by atoms with Crippen LogP contribution < -0.4 is 5.43 Å². The molecule has 5 heteroatoms. The molecule has 2 aromatic heterocycles. The van der Waals surface area contributed by atoms with E-state index in [4.69, 9.17) is 4.42 Å². The number of aromatic amines is 1. The quantitative estimate of drug-likeness (QED) is 0.410. The fourth-order valence-corrected chi connectivity index (χ4v) is 4.63. The lowest BCUT2D eigenvalue weighted by molar-refractivity contribution is 0.224. The number of hydrogen-bond acceptors (Lipinski definition) is 4. The van der Waals surface area contributed by atoms with Gasteiger partial charge in [-0.2, -0.15) is 0 Å². The lowest BCUT2D eigenvalue weighted by atomic mass is 10.1. The van der Waals surface area contributed by atoms with Crippen molar-refractivity contribution in [2.45, 2.75) is 38.5 Å². The first-order valence-electron chi connectivity index (χ1n) is 11.3. The van der Waals surface area contributed by atoms with Crippen LogP contribution in [0.2, 0.25) is 0 Å². The normalized spacial score (nSPS) is 15.1. The van der Waals surface area contributed by atoms with Crippen LogP contribution in [0.25, 0.3) is 33.1 Å². The van der Waals surface area contributed by atoms with Gasteiger partial charge in [0.15, 0.2) is 5.75 Å². The Morgan fingerprint density at radius 2 is 1.84 bits per heavy atom. The fourth-order valence-electron chi connectivity index (χ4n) is 4.63. The molecule has 5 nitrogen and oxygen atoms in total. The number of hydrogen-bond donors (Lipinski definition) is 2. The van der Waals surface area contributed by atoms with Gasteiger partial charge in [0.25, 0.3) is 0 Å². The summed E-state index contributed by atoms with van der Waals surface area (Å²) >= 11 is 0. The third-order valence-corrected chi connectivity index (χ3v) is 6.34. The van der Waals surface area contributed by atoms with Crippen LogP contribution in [0.4, 0.5) is 0 Å². The van der Waals surface area contributed by atoms with E-state index < -0.39 is 0 Å². The molecule has 0 bridgehead atoms. The number of aryl methyl sites for hydroxylation is 1. The minimum Gasteiger partial charge on any atom is -0.503 e. The summed E-state index contributed by atoms with van der Waals surface area (Å²) in [5.41, 5.74) is 2.39. The number of fused-ring (bicyclic) bond motifs is 2. The maximum atomic E-state index is 12.6. The number of aromatic nitrogens is 1. The van der Waals surface area contributed by atoms with Gasteiger partial charge < -0.3 is 19.4 Å². The van der Waals surface area contributed by atoms with Crippen molar-refractivity contribution in [1.82, 2.24) is 9.88 Å². The Labute approximate surface area is 181 Å². The zero-order valence-corrected chi connectivity index (χ0v) is 17.7. The predicted octanol–water partition coefficient (Wildman–Crippen LogP) is 5.46. The predicted molar refractivity (Wildman–Crippen MR) is 125 cm³/mol. The van der Waals surface area contributed by atoms with Gasteiger partial charge in [0.05, 0.1) is 5.69 Å². The Kier molecular flexibility index (Phi) is 5.51. The standard InChI is InChI=1S/C26H28N2O3/c29-25-21-9-2-3-10-22(21)27-24(26(25)30)18-11-12-23-19(16-18)17-20(31-23)8-4-7-15-28-13-5-1-6-14-28/h2-3,9-12,16-17,30H,1,4-8,13-15H2,(H,27,29). The number of piperidine rings is 1. The largest absolute Gasteiger partial charge is 0.503 e. The van der Waals surface area contributed by atoms with Gasteiger partial charge in [-0.15, -0.1) is 0 Å². The summed E-state index contributed by atoms with van der Waals surface area (Å²) in [5, 5.41) is 12.0. The average molecular weight is 417 g/mol. The van der Waals surface area contributed by atoms with Crippen molar-refractivity contribution in [2.75, 3.05) is 19.6 Å². The average Bonchev–Trinajstić information content (AvgIpc) is 3.22. The van der Waals surface area contributed by atoms with Crippen LogP contribution in [-0.4, -0.2) is 34.6 Å². The van der Waals surface area contributed by atoms with Gasteiger partial charge >= 0.3 is 0 Å². The zero-order valence-electron chi connectivity index (χ0n) is 17.7. The highest BCUT2D eigenvalue weighted by atomic mass is 16.3. The van der Waals surface area contributed by atoms with Crippen molar-refractivity contribution < 1.29 is 9.52 Å². The Morgan fingerprint density at radius 1 is 1.00 bits per heavy atom. The Hall–Kier alpha value is -3.05. The summed E-state index contributed by atoms with van der Waals surface area (Å²) < 4.78 is 6.03. The molecule has 1 aliphatic rings. The third kappa shape index (κ3) is 4.10. The summed E-state index contributed by atoms with van der Waals surface area (Å²) in [5.74, 6) is 0.738. The molecule has 0 spiro atoms. The van der Waals surface area contributed by atoms with Gasteiger partial charge in [-0.05, 0) is 81.7 Å². The minimum absolute atomic E-state index is 0.250. The molecule has 0 atom stereocenters. The molecule has 0 unspecified atom stereocenters. The minimum atomic E-state index is -0.356. The molecule has 2 aromatic carbocycles. The van der Waals surface area contributed by atoms with Crippen LogP contribution in [0.5, 0.6) is 5.75 Å². The van der Waals surface area contributed by atoms with Crippen LogP contribution >= 0.6 is 0 Å². The number of likely N-dealkylation sites (tertiary alicyclic amines) is 1. The first-order chi connectivity index (χ1) is 15.2. The topological polar surface area (TPSA) is 69.5 Å². The molecule has 0 saturated carbocycles. The van der Waals surface area contributed by atoms with Gasteiger partial charge in [-0.3, -0.25) is 4.79 Å². The maximum Gasteiger partial charge on any atom is 0.231 e. The van der Waals surface area contributed by atoms with Crippen molar-refractivity contribution in [3.8, 4) is 17.0 Å². The molecule has 31 heavy (non-hydrogen) atoms. The molecule has 0 amide bonds. The van der Waals surface area contributed by atoms with Gasteiger partial charge in [0.2, 0.25) is 5.43 Å². The van der Waals surface area contributed by atoms with Crippen LogP contribution in [0.3, 0.4) is 0 Å². The lowest BCUT2D eigenvalue weighted by Crippen LogP contribution is -2.30. The molecule has 5 rings (SSSR count). The second-order valence-electron chi connectivity index (χ2n) is 8.55. The molecule has 4 aromatic rings. The monoisotopic (exact) mass is 416 g/mol. The van der Waals surface area contributed by atoms with E-state index >= 15 is 0 Å². The zero-order chi connectivity index (χ0) is 21.2. The number of rotatable bonds is 6. The van der Waals surface area contributed by atoms with Gasteiger partial charge in [-0.25, -0.2) is 0 Å². The maximum absolute atomic E-state index is 12.6. The number of H-pyrrole nitrogens is 1. The molecular weight excluding hydrogens is 388 g/mol. The summed E-state index contributed by atoms with van der Waals surface area (Å²) in [6, 6.07) is 15.1. The van der Waals surface area contributed by atoms with Gasteiger partial charge in [0.1, 0.15) is 11.3 Å². The smallest absolute Gasteiger partial charge is 0.231 e. The highest BCUT2D eigenvalue weighted by molar-refractivity contribution is 5.88. The van der Waals surface area contributed by atoms with Crippen LogP contribution in [0.15, 0.2) is 57.7 Å². The van der Waals surface area contributed by atoms with Crippen molar-refractivity contribution >= 4 is 21.9 Å². The molecule has 160 valence electrons. The van der Waals surface area contributed by atoms with E-state index in [1.807, 2.05) is 30.3 Å². The second-order valence-corrected chi connectivity index (χ2v) is 8.55. The van der Waals surface area contributed by atoms with Crippen LogP contribution in [0, 0.1) is 0 Å². The Morgan fingerprint density at radius 3 is 2.71 bits per heavy atom. The van der Waals surface area contributed by atoms with E-state index in [-0.39, 0.29) is 11.2 Å². The molecule has 1 fully saturated rings. The number of benzene rings is 2. The van der Waals surface area contributed by atoms with E-state index in [1.165, 1.54) is 45.3 Å². The summed E-state index contributed by atoms with van der Waals surface area (Å²) in [6.45, 7) is 3.67. The van der Waals surface area contributed by atoms with Gasteiger partial charge in [-0.1, -0.05) is 18.6 Å². The second kappa shape index (κ2) is 8.60. The van der Waals surface area contributed by atoms with Crippen molar-refractivity contribution in [3.05, 3.63) is 64.5 Å². The number of para-hydroxylation sites is 1. The molecule has 1 aliphatic heterocycles. The number of pyridine rings is 1. The number of furan rings is 1. The highest BCUT2D eigenvalue weighted by Crippen LogP contribution is 2.31. The molecule has 0 aliphatic carbocycles. The summed E-state index contributed by atoms with van der Waals surface area (Å²) in [7, 11) is 0. The summed E-state index contributed by atoms with van der Waals surface area (Å²) in [6.07, 6.45) is 7.28. The molecule has 3 heterocycles. The first kappa shape index (κ1) is 19.9. The Bertz CT molecular complexity index is 1260.